The van der Waals surface area contributed by atoms with E-state index >= 15 is 0 Å². The fraction of sp³-hybridized carbons (Fsp3) is 0.0833. The molecule has 0 saturated carbocycles. The minimum atomic E-state index is 0.476. The highest BCUT2D eigenvalue weighted by Crippen LogP contribution is 2.34. The number of hydrogen-bond acceptors (Lipinski definition) is 3. The van der Waals surface area contributed by atoms with Crippen LogP contribution in [0.25, 0.3) is 0 Å². The van der Waals surface area contributed by atoms with Gasteiger partial charge in [-0.3, -0.25) is 0 Å². The van der Waals surface area contributed by atoms with E-state index < -0.39 is 0 Å². The number of anilines is 1. The molecule has 18 heavy (non-hydrogen) atoms. The predicted octanol–water partition coefficient (Wildman–Crippen LogP) is 5.19. The minimum absolute atomic E-state index is 0.476. The maximum absolute atomic E-state index is 8.74. The van der Waals surface area contributed by atoms with E-state index in [2.05, 4.69) is 11.4 Å². The monoisotopic (exact) mass is 316 g/mol. The number of nitriles is 1. The molecule has 0 unspecified atom stereocenters. The molecule has 0 bridgehead atoms. The van der Waals surface area contributed by atoms with Crippen molar-refractivity contribution in [2.24, 2.45) is 0 Å². The lowest BCUT2D eigenvalue weighted by atomic mass is 10.3. The topological polar surface area (TPSA) is 35.8 Å². The largest absolute Gasteiger partial charge is 0.378 e. The smallest absolute Gasteiger partial charge is 0.110 e. The molecule has 1 aromatic carbocycles. The van der Waals surface area contributed by atoms with Crippen molar-refractivity contribution in [1.29, 1.82) is 5.26 Å². The van der Waals surface area contributed by atoms with Gasteiger partial charge in [0.2, 0.25) is 0 Å². The Morgan fingerprint density at radius 3 is 2.39 bits per heavy atom. The quantitative estimate of drug-likeness (QED) is 0.845. The Labute approximate surface area is 124 Å². The van der Waals surface area contributed by atoms with Gasteiger partial charge in [-0.1, -0.05) is 34.8 Å². The van der Waals surface area contributed by atoms with Gasteiger partial charge < -0.3 is 5.32 Å². The second kappa shape index (κ2) is 5.81. The first-order valence-corrected chi connectivity index (χ1v) is 6.92. The number of nitrogens with zero attached hydrogens (tertiary/aromatic N) is 1. The average molecular weight is 318 g/mol. The Hall–Kier alpha value is -0.920. The van der Waals surface area contributed by atoms with Crippen molar-refractivity contribution in [2.45, 2.75) is 6.54 Å². The van der Waals surface area contributed by atoms with Crippen LogP contribution in [0.3, 0.4) is 0 Å². The van der Waals surface area contributed by atoms with Crippen LogP contribution in [-0.2, 0) is 6.54 Å². The number of hydrogen-bond donors (Lipinski definition) is 1. The van der Waals surface area contributed by atoms with Crippen LogP contribution in [0.4, 0.5) is 5.69 Å². The van der Waals surface area contributed by atoms with Crippen LogP contribution in [0.5, 0.6) is 0 Å². The first-order chi connectivity index (χ1) is 8.60. The summed E-state index contributed by atoms with van der Waals surface area (Å²) in [5.74, 6) is 0. The Bertz CT molecular complexity index is 593. The Kier molecular flexibility index (Phi) is 4.36. The van der Waals surface area contributed by atoms with Gasteiger partial charge in [0.25, 0.3) is 0 Å². The van der Waals surface area contributed by atoms with E-state index in [1.165, 1.54) is 11.3 Å². The summed E-state index contributed by atoms with van der Waals surface area (Å²) in [6.07, 6.45) is 0. The summed E-state index contributed by atoms with van der Waals surface area (Å²) in [6, 6.07) is 9.04. The molecule has 92 valence electrons. The number of rotatable bonds is 3. The molecule has 0 spiro atoms. The molecular formula is C12H7Cl3N2S. The molecule has 0 aliphatic heterocycles. The molecule has 0 aliphatic carbocycles. The van der Waals surface area contributed by atoms with E-state index in [4.69, 9.17) is 40.1 Å². The predicted molar refractivity (Wildman–Crippen MR) is 77.8 cm³/mol. The molecule has 0 radical (unpaired) electrons. The van der Waals surface area contributed by atoms with Crippen LogP contribution >= 0.6 is 46.1 Å². The molecule has 2 aromatic rings. The zero-order valence-corrected chi connectivity index (χ0v) is 12.1. The summed E-state index contributed by atoms with van der Waals surface area (Å²) in [5.41, 5.74) is 0.648. The maximum atomic E-state index is 8.74. The molecule has 0 atom stereocenters. The molecule has 2 rings (SSSR count). The first-order valence-electron chi connectivity index (χ1n) is 4.97. The molecule has 2 nitrogen and oxygen atoms in total. The van der Waals surface area contributed by atoms with Gasteiger partial charge in [-0.25, -0.2) is 0 Å². The van der Waals surface area contributed by atoms with E-state index in [1.54, 1.807) is 18.2 Å². The lowest BCUT2D eigenvalue weighted by Gasteiger charge is -2.09. The first kappa shape index (κ1) is 13.5. The highest BCUT2D eigenvalue weighted by molar-refractivity contribution is 7.12. The second-order valence-corrected chi connectivity index (χ2v) is 5.89. The van der Waals surface area contributed by atoms with Gasteiger partial charge in [-0.05, 0) is 24.3 Å². The highest BCUT2D eigenvalue weighted by Gasteiger charge is 2.08. The fourth-order valence-electron chi connectivity index (χ4n) is 1.42. The number of halogens is 3. The van der Waals surface area contributed by atoms with Crippen molar-refractivity contribution >= 4 is 51.8 Å². The highest BCUT2D eigenvalue weighted by atomic mass is 35.5. The van der Waals surface area contributed by atoms with Gasteiger partial charge in [0, 0.05) is 16.4 Å². The van der Waals surface area contributed by atoms with Crippen LogP contribution in [0.15, 0.2) is 24.3 Å². The van der Waals surface area contributed by atoms with Crippen LogP contribution in [-0.4, -0.2) is 0 Å². The molecule has 0 fully saturated rings. The molecule has 0 aliphatic rings. The fourth-order valence-corrected chi connectivity index (χ4v) is 3.11. The van der Waals surface area contributed by atoms with Gasteiger partial charge >= 0.3 is 0 Å². The summed E-state index contributed by atoms with van der Waals surface area (Å²) in [4.78, 5) is 1.72. The van der Waals surface area contributed by atoms with E-state index in [-0.39, 0.29) is 0 Å². The van der Waals surface area contributed by atoms with Crippen molar-refractivity contribution in [3.05, 3.63) is 49.1 Å². The molecule has 6 heteroatoms. The van der Waals surface area contributed by atoms with E-state index in [1.807, 2.05) is 6.07 Å². The van der Waals surface area contributed by atoms with Crippen molar-refractivity contribution in [2.75, 3.05) is 5.32 Å². The molecule has 0 saturated heterocycles. The average Bonchev–Trinajstić information content (AvgIpc) is 2.75. The van der Waals surface area contributed by atoms with Crippen LogP contribution < -0.4 is 5.32 Å². The molecule has 1 heterocycles. The number of benzene rings is 1. The minimum Gasteiger partial charge on any atom is -0.378 e. The molecular weight excluding hydrogens is 311 g/mol. The standard InChI is InChI=1S/C12H7Cl3N2S/c13-7-3-10(14)12(11(15)4-7)17-6-9-2-1-8(5-16)18-9/h1-4,17H,6H2. The maximum Gasteiger partial charge on any atom is 0.110 e. The zero-order valence-electron chi connectivity index (χ0n) is 9.01. The lowest BCUT2D eigenvalue weighted by molar-refractivity contribution is 1.19. The molecule has 0 amide bonds. The second-order valence-electron chi connectivity index (χ2n) is 3.48. The summed E-state index contributed by atoms with van der Waals surface area (Å²) in [5, 5.41) is 13.3. The third kappa shape index (κ3) is 3.09. The molecule has 1 N–H and O–H groups in total. The van der Waals surface area contributed by atoms with E-state index in [0.29, 0.717) is 32.2 Å². The summed E-state index contributed by atoms with van der Waals surface area (Å²) < 4.78 is 0. The number of thiophene rings is 1. The Morgan fingerprint density at radius 1 is 1.17 bits per heavy atom. The van der Waals surface area contributed by atoms with Crippen molar-refractivity contribution in [3.63, 3.8) is 0 Å². The zero-order chi connectivity index (χ0) is 13.1. The van der Waals surface area contributed by atoms with Crippen molar-refractivity contribution < 1.29 is 0 Å². The molecule has 1 aromatic heterocycles. The van der Waals surface area contributed by atoms with Gasteiger partial charge in [0.1, 0.15) is 10.9 Å². The van der Waals surface area contributed by atoms with Gasteiger partial charge in [-0.15, -0.1) is 11.3 Å². The van der Waals surface area contributed by atoms with E-state index in [0.717, 1.165) is 4.88 Å². The third-order valence-corrected chi connectivity index (χ3v) is 4.02. The van der Waals surface area contributed by atoms with Gasteiger partial charge in [-0.2, -0.15) is 5.26 Å². The SMILES string of the molecule is N#Cc1ccc(CNc2c(Cl)cc(Cl)cc2Cl)s1. The van der Waals surface area contributed by atoms with Gasteiger partial charge in [0.15, 0.2) is 0 Å². The van der Waals surface area contributed by atoms with Gasteiger partial charge in [0.05, 0.1) is 15.7 Å². The summed E-state index contributed by atoms with van der Waals surface area (Å²) in [6.45, 7) is 0.563. The summed E-state index contributed by atoms with van der Waals surface area (Å²) >= 11 is 19.4. The number of nitrogens with one attached hydrogen (secondary N) is 1. The van der Waals surface area contributed by atoms with Crippen LogP contribution in [0.1, 0.15) is 9.75 Å². The Morgan fingerprint density at radius 2 is 1.83 bits per heavy atom. The third-order valence-electron chi connectivity index (χ3n) is 2.22. The van der Waals surface area contributed by atoms with Crippen molar-refractivity contribution in [3.8, 4) is 6.07 Å². The normalized spacial score (nSPS) is 10.1. The Balaban J connectivity index is 2.13. The van der Waals surface area contributed by atoms with E-state index in [9.17, 15) is 0 Å². The van der Waals surface area contributed by atoms with Crippen LogP contribution in [0, 0.1) is 11.3 Å². The lowest BCUT2D eigenvalue weighted by Crippen LogP contribution is -1.98. The van der Waals surface area contributed by atoms with Crippen molar-refractivity contribution in [1.82, 2.24) is 0 Å². The van der Waals surface area contributed by atoms with Crippen LogP contribution in [0.2, 0.25) is 15.1 Å². The summed E-state index contributed by atoms with van der Waals surface area (Å²) in [7, 11) is 0.